The molecule has 2 aromatic carbocycles. The second-order valence-electron chi connectivity index (χ2n) is 5.08. The van der Waals surface area contributed by atoms with Gasteiger partial charge in [0.15, 0.2) is 6.10 Å². The summed E-state index contributed by atoms with van der Waals surface area (Å²) < 4.78 is 10.4. The van der Waals surface area contributed by atoms with E-state index in [0.29, 0.717) is 17.1 Å². The molecule has 8 heteroatoms. The van der Waals surface area contributed by atoms with E-state index in [0.717, 1.165) is 0 Å². The summed E-state index contributed by atoms with van der Waals surface area (Å²) in [4.78, 5) is 22.1. The van der Waals surface area contributed by atoms with Crippen molar-refractivity contribution in [3.63, 3.8) is 0 Å². The number of anilines is 2. The number of carbonyl (C=O) groups is 1. The summed E-state index contributed by atoms with van der Waals surface area (Å²) in [6.45, 7) is 3.61. The standard InChI is InChI=1S/C17H17ClN2O5/c1-3-24-17(21)11(2)25-14-7-5-13(6-8-14)19-15-9-4-12(18)10-16(15)20(22)23/h4-11,19H,3H2,1-2H3. The quantitative estimate of drug-likeness (QED) is 0.447. The predicted octanol–water partition coefficient (Wildman–Crippen LogP) is 4.32. The number of rotatable bonds is 7. The Morgan fingerprint density at radius 1 is 1.28 bits per heavy atom. The van der Waals surface area contributed by atoms with Gasteiger partial charge in [-0.3, -0.25) is 10.1 Å². The van der Waals surface area contributed by atoms with Crippen molar-refractivity contribution in [1.29, 1.82) is 0 Å². The molecular weight excluding hydrogens is 348 g/mol. The number of nitro benzene ring substituents is 1. The Balaban J connectivity index is 2.08. The van der Waals surface area contributed by atoms with Gasteiger partial charge in [0.2, 0.25) is 0 Å². The van der Waals surface area contributed by atoms with E-state index < -0.39 is 17.0 Å². The lowest BCUT2D eigenvalue weighted by atomic mass is 10.2. The monoisotopic (exact) mass is 364 g/mol. The van der Waals surface area contributed by atoms with Crippen LogP contribution in [0.25, 0.3) is 0 Å². The van der Waals surface area contributed by atoms with Gasteiger partial charge >= 0.3 is 5.97 Å². The van der Waals surface area contributed by atoms with Crippen LogP contribution >= 0.6 is 11.6 Å². The van der Waals surface area contributed by atoms with E-state index in [1.165, 1.54) is 12.1 Å². The largest absolute Gasteiger partial charge is 0.479 e. The lowest BCUT2D eigenvalue weighted by molar-refractivity contribution is -0.383. The topological polar surface area (TPSA) is 90.7 Å². The number of carbonyl (C=O) groups excluding carboxylic acids is 1. The number of benzene rings is 2. The number of halogens is 1. The first-order valence-corrected chi connectivity index (χ1v) is 7.92. The van der Waals surface area contributed by atoms with Crippen LogP contribution in [-0.2, 0) is 9.53 Å². The van der Waals surface area contributed by atoms with Crippen LogP contribution in [0.15, 0.2) is 42.5 Å². The summed E-state index contributed by atoms with van der Waals surface area (Å²) in [6.07, 6.45) is -0.726. The molecule has 7 nitrogen and oxygen atoms in total. The minimum atomic E-state index is -0.726. The van der Waals surface area contributed by atoms with Crippen LogP contribution in [0.2, 0.25) is 5.02 Å². The summed E-state index contributed by atoms with van der Waals surface area (Å²) in [7, 11) is 0. The molecule has 0 saturated heterocycles. The molecule has 0 spiro atoms. The van der Waals surface area contributed by atoms with Gasteiger partial charge in [-0.05, 0) is 50.2 Å². The highest BCUT2D eigenvalue weighted by atomic mass is 35.5. The fourth-order valence-electron chi connectivity index (χ4n) is 2.05. The molecule has 2 rings (SSSR count). The molecule has 0 aromatic heterocycles. The van der Waals surface area contributed by atoms with E-state index in [-0.39, 0.29) is 17.3 Å². The van der Waals surface area contributed by atoms with Crippen molar-refractivity contribution in [2.45, 2.75) is 20.0 Å². The highest BCUT2D eigenvalue weighted by Gasteiger charge is 2.16. The molecule has 0 bridgehead atoms. The first kappa shape index (κ1) is 18.5. The van der Waals surface area contributed by atoms with E-state index in [1.807, 2.05) is 0 Å². The number of nitro groups is 1. The van der Waals surface area contributed by atoms with E-state index in [2.05, 4.69) is 5.32 Å². The SMILES string of the molecule is CCOC(=O)C(C)Oc1ccc(Nc2ccc(Cl)cc2[N+](=O)[O-])cc1. The van der Waals surface area contributed by atoms with Gasteiger partial charge in [-0.2, -0.15) is 0 Å². The number of nitrogens with one attached hydrogen (secondary N) is 1. The number of ether oxygens (including phenoxy) is 2. The zero-order valence-corrected chi connectivity index (χ0v) is 14.4. The van der Waals surface area contributed by atoms with Crippen LogP contribution in [0, 0.1) is 10.1 Å². The predicted molar refractivity (Wildman–Crippen MR) is 94.6 cm³/mol. The van der Waals surface area contributed by atoms with Crippen molar-refractivity contribution in [3.05, 3.63) is 57.6 Å². The maximum absolute atomic E-state index is 11.6. The second kappa shape index (κ2) is 8.34. The summed E-state index contributed by atoms with van der Waals surface area (Å²) in [5.41, 5.74) is 0.827. The normalized spacial score (nSPS) is 11.5. The van der Waals surface area contributed by atoms with E-state index >= 15 is 0 Å². The Bertz CT molecular complexity index is 764. The summed E-state index contributed by atoms with van der Waals surface area (Å²) in [5, 5.41) is 14.3. The molecule has 0 radical (unpaired) electrons. The number of hydrogen-bond acceptors (Lipinski definition) is 6. The Kier molecular flexibility index (Phi) is 6.19. The molecule has 1 atom stereocenters. The molecule has 1 N–H and O–H groups in total. The van der Waals surface area contributed by atoms with E-state index in [1.54, 1.807) is 44.2 Å². The minimum absolute atomic E-state index is 0.122. The maximum atomic E-state index is 11.6. The lowest BCUT2D eigenvalue weighted by Crippen LogP contribution is -2.25. The highest BCUT2D eigenvalue weighted by molar-refractivity contribution is 6.30. The van der Waals surface area contributed by atoms with Gasteiger partial charge in [0.05, 0.1) is 11.5 Å². The smallest absolute Gasteiger partial charge is 0.347 e. The molecule has 0 aliphatic rings. The van der Waals surface area contributed by atoms with Crippen LogP contribution < -0.4 is 10.1 Å². The first-order valence-electron chi connectivity index (χ1n) is 7.55. The molecule has 0 aliphatic carbocycles. The summed E-state index contributed by atoms with van der Waals surface area (Å²) >= 11 is 5.79. The summed E-state index contributed by atoms with van der Waals surface area (Å²) in [6, 6.07) is 11.1. The summed E-state index contributed by atoms with van der Waals surface area (Å²) in [5.74, 6) is 0.0400. The molecule has 1 unspecified atom stereocenters. The highest BCUT2D eigenvalue weighted by Crippen LogP contribution is 2.30. The average Bonchev–Trinajstić information content (AvgIpc) is 2.58. The van der Waals surface area contributed by atoms with Gasteiger partial charge in [-0.1, -0.05) is 11.6 Å². The van der Waals surface area contributed by atoms with E-state index in [9.17, 15) is 14.9 Å². The van der Waals surface area contributed by atoms with Crippen LogP contribution in [0.1, 0.15) is 13.8 Å². The third kappa shape index (κ3) is 5.09. The van der Waals surface area contributed by atoms with Gasteiger partial charge in [-0.15, -0.1) is 0 Å². The maximum Gasteiger partial charge on any atom is 0.347 e. The fourth-order valence-corrected chi connectivity index (χ4v) is 2.21. The van der Waals surface area contributed by atoms with Gasteiger partial charge in [0.1, 0.15) is 11.4 Å². The third-order valence-electron chi connectivity index (χ3n) is 3.22. The molecule has 132 valence electrons. The number of hydrogen-bond donors (Lipinski definition) is 1. The molecule has 0 amide bonds. The molecule has 0 saturated carbocycles. The van der Waals surface area contributed by atoms with Gasteiger partial charge < -0.3 is 14.8 Å². The Labute approximate surface area is 149 Å². The third-order valence-corrected chi connectivity index (χ3v) is 3.46. The van der Waals surface area contributed by atoms with Crippen molar-refractivity contribution in [2.24, 2.45) is 0 Å². The Morgan fingerprint density at radius 3 is 2.56 bits per heavy atom. The van der Waals surface area contributed by atoms with E-state index in [4.69, 9.17) is 21.1 Å². The Morgan fingerprint density at radius 2 is 1.96 bits per heavy atom. The van der Waals surface area contributed by atoms with Crippen molar-refractivity contribution in [2.75, 3.05) is 11.9 Å². The van der Waals surface area contributed by atoms with Crippen LogP contribution in [0.5, 0.6) is 5.75 Å². The van der Waals surface area contributed by atoms with Crippen LogP contribution in [0.4, 0.5) is 17.1 Å². The first-order chi connectivity index (χ1) is 11.9. The van der Waals surface area contributed by atoms with Crippen molar-refractivity contribution in [1.82, 2.24) is 0 Å². The fraction of sp³-hybridized carbons (Fsp3) is 0.235. The van der Waals surface area contributed by atoms with Crippen LogP contribution in [0.3, 0.4) is 0 Å². The molecular formula is C17H17ClN2O5. The van der Waals surface area contributed by atoms with Crippen molar-refractivity contribution >= 4 is 34.6 Å². The average molecular weight is 365 g/mol. The lowest BCUT2D eigenvalue weighted by Gasteiger charge is -2.14. The molecule has 25 heavy (non-hydrogen) atoms. The van der Waals surface area contributed by atoms with Crippen LogP contribution in [-0.4, -0.2) is 23.6 Å². The Hall–Kier alpha value is -2.80. The number of esters is 1. The molecule has 0 heterocycles. The zero-order valence-electron chi connectivity index (χ0n) is 13.7. The van der Waals surface area contributed by atoms with Gasteiger partial charge in [-0.25, -0.2) is 4.79 Å². The molecule has 0 fully saturated rings. The molecule has 2 aromatic rings. The van der Waals surface area contributed by atoms with Crippen molar-refractivity contribution in [3.8, 4) is 5.75 Å². The van der Waals surface area contributed by atoms with Crippen molar-refractivity contribution < 1.29 is 19.2 Å². The minimum Gasteiger partial charge on any atom is -0.479 e. The van der Waals surface area contributed by atoms with Gasteiger partial charge in [0.25, 0.3) is 5.69 Å². The zero-order chi connectivity index (χ0) is 18.4. The second-order valence-corrected chi connectivity index (χ2v) is 5.52. The van der Waals surface area contributed by atoms with Gasteiger partial charge in [0, 0.05) is 16.8 Å². The molecule has 0 aliphatic heterocycles. The number of nitrogens with zero attached hydrogens (tertiary/aromatic N) is 1.